The van der Waals surface area contributed by atoms with Gasteiger partial charge in [-0.1, -0.05) is 12.1 Å². The van der Waals surface area contributed by atoms with Crippen molar-refractivity contribution in [3.05, 3.63) is 78.3 Å². The number of hydrogen-bond acceptors (Lipinski definition) is 8. The number of nitrogens with zero attached hydrogens (tertiary/aromatic N) is 4. The van der Waals surface area contributed by atoms with E-state index < -0.39 is 35.2 Å². The Morgan fingerprint density at radius 1 is 1.12 bits per heavy atom. The Balaban J connectivity index is 1.43. The van der Waals surface area contributed by atoms with E-state index in [-0.39, 0.29) is 29.7 Å². The lowest BCUT2D eigenvalue weighted by atomic mass is 10.0. The molecule has 0 aliphatic heterocycles. The number of carbonyl (C=O) groups excluding carboxylic acids is 2. The number of alkyl halides is 3. The van der Waals surface area contributed by atoms with E-state index in [2.05, 4.69) is 25.7 Å². The molecular formula is C26H19F4N7O4. The van der Waals surface area contributed by atoms with Gasteiger partial charge < -0.3 is 25.5 Å². The summed E-state index contributed by atoms with van der Waals surface area (Å²) in [6, 6.07) is 6.96. The minimum absolute atomic E-state index is 0.0371. The number of amides is 2. The summed E-state index contributed by atoms with van der Waals surface area (Å²) in [5.74, 6) is -1.47. The van der Waals surface area contributed by atoms with Gasteiger partial charge in [-0.2, -0.15) is 18.3 Å². The van der Waals surface area contributed by atoms with E-state index in [1.165, 1.54) is 23.0 Å². The molecule has 4 N–H and O–H groups in total. The van der Waals surface area contributed by atoms with Crippen LogP contribution in [-0.4, -0.2) is 38.2 Å². The van der Waals surface area contributed by atoms with Gasteiger partial charge in [-0.15, -0.1) is 0 Å². The third kappa shape index (κ3) is 5.50. The normalized spacial score (nSPS) is 11.4. The highest BCUT2D eigenvalue weighted by Crippen LogP contribution is 2.38. The van der Waals surface area contributed by atoms with Crippen molar-refractivity contribution in [3.63, 3.8) is 0 Å². The first-order valence-corrected chi connectivity index (χ1v) is 11.8. The SMILES string of the molecule is CCOC(=O)c1coc(-c2cn3ncnc(N)c3c2-c2ccc(NC(=O)Nc3cc(C(F)(F)F)ccc3F)cc2)n1. The average molecular weight is 569 g/mol. The number of anilines is 3. The molecule has 11 nitrogen and oxygen atoms in total. The number of aromatic nitrogens is 4. The maximum Gasteiger partial charge on any atom is 0.416 e. The fraction of sp³-hybridized carbons (Fsp3) is 0.115. The van der Waals surface area contributed by atoms with Crippen molar-refractivity contribution in [2.24, 2.45) is 0 Å². The van der Waals surface area contributed by atoms with Crippen molar-refractivity contribution < 1.29 is 36.3 Å². The number of fused-ring (bicyclic) bond motifs is 1. The molecule has 2 aromatic carbocycles. The van der Waals surface area contributed by atoms with E-state index in [0.29, 0.717) is 40.4 Å². The first-order valence-electron chi connectivity index (χ1n) is 11.8. The van der Waals surface area contributed by atoms with E-state index in [0.717, 1.165) is 6.26 Å². The lowest BCUT2D eigenvalue weighted by molar-refractivity contribution is -0.137. The first kappa shape index (κ1) is 27.1. The topological polar surface area (TPSA) is 150 Å². The summed E-state index contributed by atoms with van der Waals surface area (Å²) in [6.07, 6.45) is -0.701. The molecule has 0 bridgehead atoms. The van der Waals surface area contributed by atoms with Crippen molar-refractivity contribution in [3.8, 4) is 22.6 Å². The zero-order chi connectivity index (χ0) is 29.3. The first-order chi connectivity index (χ1) is 19.5. The van der Waals surface area contributed by atoms with Gasteiger partial charge in [0.05, 0.1) is 23.4 Å². The van der Waals surface area contributed by atoms with Crippen molar-refractivity contribution in [2.45, 2.75) is 13.1 Å². The highest BCUT2D eigenvalue weighted by molar-refractivity contribution is 6.01. The summed E-state index contributed by atoms with van der Waals surface area (Å²) in [5, 5.41) is 8.68. The summed E-state index contributed by atoms with van der Waals surface area (Å²) >= 11 is 0. The third-order valence-corrected chi connectivity index (χ3v) is 5.79. The molecule has 5 rings (SSSR count). The van der Waals surface area contributed by atoms with Gasteiger partial charge in [-0.25, -0.2) is 28.5 Å². The van der Waals surface area contributed by atoms with Crippen LogP contribution < -0.4 is 16.4 Å². The van der Waals surface area contributed by atoms with Gasteiger partial charge in [-0.05, 0) is 42.8 Å². The largest absolute Gasteiger partial charge is 0.461 e. The highest BCUT2D eigenvalue weighted by Gasteiger charge is 2.31. The van der Waals surface area contributed by atoms with Gasteiger partial charge >= 0.3 is 18.2 Å². The second-order valence-corrected chi connectivity index (χ2v) is 8.46. The Morgan fingerprint density at radius 2 is 1.88 bits per heavy atom. The van der Waals surface area contributed by atoms with Gasteiger partial charge in [0.1, 0.15) is 23.9 Å². The molecule has 0 saturated heterocycles. The molecule has 3 aromatic heterocycles. The van der Waals surface area contributed by atoms with Crippen LogP contribution >= 0.6 is 0 Å². The molecular weight excluding hydrogens is 550 g/mol. The molecule has 0 aliphatic carbocycles. The van der Waals surface area contributed by atoms with E-state index in [4.69, 9.17) is 14.9 Å². The van der Waals surface area contributed by atoms with Gasteiger partial charge in [0, 0.05) is 17.4 Å². The number of oxazole rings is 1. The van der Waals surface area contributed by atoms with Crippen LogP contribution in [0.4, 0.5) is 39.5 Å². The molecule has 41 heavy (non-hydrogen) atoms. The van der Waals surface area contributed by atoms with Crippen LogP contribution in [0.2, 0.25) is 0 Å². The van der Waals surface area contributed by atoms with E-state index in [1.54, 1.807) is 25.3 Å². The van der Waals surface area contributed by atoms with Gasteiger partial charge in [0.25, 0.3) is 0 Å². The molecule has 0 radical (unpaired) electrons. The Morgan fingerprint density at radius 3 is 2.59 bits per heavy atom. The number of carbonyl (C=O) groups is 2. The number of halogens is 4. The molecule has 3 heterocycles. The molecule has 15 heteroatoms. The molecule has 0 saturated carbocycles. The minimum Gasteiger partial charge on any atom is -0.461 e. The predicted octanol–water partition coefficient (Wildman–Crippen LogP) is 5.61. The fourth-order valence-corrected chi connectivity index (χ4v) is 3.99. The number of esters is 1. The Kier molecular flexibility index (Phi) is 7.01. The predicted molar refractivity (Wildman–Crippen MR) is 138 cm³/mol. The van der Waals surface area contributed by atoms with Gasteiger partial charge in [0.2, 0.25) is 5.89 Å². The standard InChI is InChI=1S/C26H19F4N7O4/c1-2-40-24(38)19-11-41-23(35-19)16-10-37-21(22(31)32-12-33-37)20(16)13-3-6-15(7-4-13)34-25(39)36-18-9-14(26(28,29)30)5-8-17(18)27/h3-12H,2H2,1H3,(H2,31,32,33)(H2,34,36,39). The lowest BCUT2D eigenvalue weighted by Gasteiger charge is -2.12. The quantitative estimate of drug-likeness (QED) is 0.176. The van der Waals surface area contributed by atoms with Gasteiger partial charge in [0.15, 0.2) is 11.5 Å². The van der Waals surface area contributed by atoms with Gasteiger partial charge in [-0.3, -0.25) is 0 Å². The van der Waals surface area contributed by atoms with Crippen LogP contribution in [-0.2, 0) is 10.9 Å². The number of nitrogens with one attached hydrogen (secondary N) is 2. The Hall–Kier alpha value is -5.47. The van der Waals surface area contributed by atoms with Crippen LogP contribution in [0, 0.1) is 5.82 Å². The van der Waals surface area contributed by atoms with Crippen LogP contribution in [0.25, 0.3) is 28.1 Å². The number of benzene rings is 2. The van der Waals surface area contributed by atoms with E-state index in [1.807, 2.05) is 0 Å². The number of ether oxygens (including phenoxy) is 1. The molecule has 0 aliphatic rings. The van der Waals surface area contributed by atoms with Crippen molar-refractivity contribution in [1.82, 2.24) is 19.6 Å². The summed E-state index contributed by atoms with van der Waals surface area (Å²) in [4.78, 5) is 32.8. The number of rotatable bonds is 6. The zero-order valence-corrected chi connectivity index (χ0v) is 21.0. The van der Waals surface area contributed by atoms with Crippen molar-refractivity contribution in [1.29, 1.82) is 0 Å². The smallest absolute Gasteiger partial charge is 0.416 e. The number of hydrogen-bond donors (Lipinski definition) is 3. The van der Waals surface area contributed by atoms with E-state index >= 15 is 0 Å². The Labute approximate surface area is 228 Å². The maximum atomic E-state index is 14.0. The molecule has 0 fully saturated rings. The molecule has 210 valence electrons. The number of urea groups is 1. The maximum absolute atomic E-state index is 14.0. The number of nitrogens with two attached hydrogens (primary N) is 1. The summed E-state index contributed by atoms with van der Waals surface area (Å²) in [5.41, 5.74) is 6.49. The zero-order valence-electron chi connectivity index (χ0n) is 21.0. The summed E-state index contributed by atoms with van der Waals surface area (Å²) in [7, 11) is 0. The minimum atomic E-state index is -4.71. The van der Waals surface area contributed by atoms with E-state index in [9.17, 15) is 27.2 Å². The molecule has 0 atom stereocenters. The van der Waals surface area contributed by atoms with Crippen molar-refractivity contribution in [2.75, 3.05) is 23.0 Å². The van der Waals surface area contributed by atoms with Crippen LogP contribution in [0.5, 0.6) is 0 Å². The number of nitrogen functional groups attached to an aromatic ring is 1. The summed E-state index contributed by atoms with van der Waals surface area (Å²) < 4.78 is 64.9. The molecule has 5 aromatic rings. The monoisotopic (exact) mass is 569 g/mol. The van der Waals surface area contributed by atoms with Crippen LogP contribution in [0.15, 0.2) is 65.7 Å². The Bertz CT molecular complexity index is 1760. The molecule has 2 amide bonds. The second-order valence-electron chi connectivity index (χ2n) is 8.46. The summed E-state index contributed by atoms with van der Waals surface area (Å²) in [6.45, 7) is 1.81. The lowest BCUT2D eigenvalue weighted by Crippen LogP contribution is -2.20. The van der Waals surface area contributed by atoms with Crippen LogP contribution in [0.3, 0.4) is 0 Å². The van der Waals surface area contributed by atoms with Crippen molar-refractivity contribution >= 4 is 34.7 Å². The second kappa shape index (κ2) is 10.6. The highest BCUT2D eigenvalue weighted by atomic mass is 19.4. The molecule has 0 spiro atoms. The molecule has 0 unspecified atom stereocenters. The van der Waals surface area contributed by atoms with Crippen LogP contribution in [0.1, 0.15) is 23.0 Å². The third-order valence-electron chi connectivity index (χ3n) is 5.79. The average Bonchev–Trinajstić information content (AvgIpc) is 3.56. The fourth-order valence-electron chi connectivity index (χ4n) is 3.99.